The van der Waals surface area contributed by atoms with E-state index in [1.165, 1.54) is 0 Å². The largest absolute Gasteiger partial charge is 0.481 e. The van der Waals surface area contributed by atoms with Crippen molar-refractivity contribution in [3.63, 3.8) is 0 Å². The number of hydrogen-bond donors (Lipinski definition) is 2. The second kappa shape index (κ2) is 6.69. The molecule has 2 aromatic rings. The van der Waals surface area contributed by atoms with Crippen LogP contribution in [0.5, 0.6) is 0 Å². The van der Waals surface area contributed by atoms with Crippen LogP contribution in [-0.2, 0) is 24.3 Å². The van der Waals surface area contributed by atoms with Crippen LogP contribution in [0.1, 0.15) is 18.1 Å². The van der Waals surface area contributed by atoms with Gasteiger partial charge < -0.3 is 15.0 Å². The molecule has 0 aliphatic rings. The fourth-order valence-electron chi connectivity index (χ4n) is 2.06. The zero-order valence-electron chi connectivity index (χ0n) is 11.7. The molecule has 6 nitrogen and oxygen atoms in total. The van der Waals surface area contributed by atoms with Crippen molar-refractivity contribution >= 4 is 11.8 Å². The molecule has 0 bridgehead atoms. The zero-order chi connectivity index (χ0) is 15.2. The smallest absolute Gasteiger partial charge is 0.307 e. The Labute approximate surface area is 122 Å². The number of anilines is 1. The highest BCUT2D eigenvalue weighted by Gasteiger charge is 2.08. The molecule has 1 aromatic carbocycles. The van der Waals surface area contributed by atoms with Crippen molar-refractivity contribution in [2.75, 3.05) is 5.32 Å². The van der Waals surface area contributed by atoms with Gasteiger partial charge in [0, 0.05) is 25.5 Å². The predicted molar refractivity (Wildman–Crippen MR) is 79.3 cm³/mol. The first-order chi connectivity index (χ1) is 10.1. The maximum absolute atomic E-state index is 12.0. The molecule has 6 heteroatoms. The Bertz CT molecular complexity index is 695. The Kier molecular flexibility index (Phi) is 4.71. The fourth-order valence-corrected chi connectivity index (χ4v) is 2.06. The van der Waals surface area contributed by atoms with Gasteiger partial charge in [0.25, 0.3) is 5.56 Å². The first kappa shape index (κ1) is 14.8. The molecule has 0 radical (unpaired) electrons. The molecule has 0 saturated heterocycles. The van der Waals surface area contributed by atoms with Crippen LogP contribution in [-0.4, -0.2) is 20.6 Å². The number of aliphatic carboxylic acids is 1. The molecule has 1 aromatic heterocycles. The molecule has 0 spiro atoms. The Morgan fingerprint density at radius 3 is 2.71 bits per heavy atom. The van der Waals surface area contributed by atoms with Crippen LogP contribution >= 0.6 is 0 Å². The van der Waals surface area contributed by atoms with E-state index < -0.39 is 5.97 Å². The summed E-state index contributed by atoms with van der Waals surface area (Å²) in [7, 11) is 0. The number of carbonyl (C=O) groups is 1. The molecular formula is C15H17N3O3. The summed E-state index contributed by atoms with van der Waals surface area (Å²) in [6.07, 6.45) is 3.15. The van der Waals surface area contributed by atoms with E-state index in [4.69, 9.17) is 5.11 Å². The molecular weight excluding hydrogens is 270 g/mol. The van der Waals surface area contributed by atoms with Gasteiger partial charge in [-0.05, 0) is 18.1 Å². The van der Waals surface area contributed by atoms with Crippen LogP contribution in [0.3, 0.4) is 0 Å². The number of rotatable bonds is 6. The summed E-state index contributed by atoms with van der Waals surface area (Å²) < 4.78 is 1.55. The number of nitrogens with one attached hydrogen (secondary N) is 1. The fraction of sp³-hybridized carbons (Fsp3) is 0.267. The normalized spacial score (nSPS) is 10.3. The highest BCUT2D eigenvalue weighted by molar-refractivity contribution is 5.70. The standard InChI is InChI=1S/C15H17N3O3/c1-2-18-8-7-16-14(15(18)21)17-10-12-6-4-3-5-11(12)9-13(19)20/h3-8H,2,9-10H2,1H3,(H,16,17)(H,19,20). The van der Waals surface area contributed by atoms with Gasteiger partial charge in [0.2, 0.25) is 0 Å². The number of hydrogen-bond acceptors (Lipinski definition) is 4. The summed E-state index contributed by atoms with van der Waals surface area (Å²) in [5.74, 6) is -0.613. The average Bonchev–Trinajstić information content (AvgIpc) is 2.47. The molecule has 1 heterocycles. The second-order valence-electron chi connectivity index (χ2n) is 4.56. The van der Waals surface area contributed by atoms with E-state index in [0.29, 0.717) is 13.1 Å². The Balaban J connectivity index is 2.17. The van der Waals surface area contributed by atoms with Crippen molar-refractivity contribution in [2.45, 2.75) is 26.4 Å². The lowest BCUT2D eigenvalue weighted by molar-refractivity contribution is -0.136. The molecule has 0 amide bonds. The molecule has 2 N–H and O–H groups in total. The van der Waals surface area contributed by atoms with Crippen molar-refractivity contribution in [1.29, 1.82) is 0 Å². The van der Waals surface area contributed by atoms with Gasteiger partial charge in [0.1, 0.15) is 0 Å². The van der Waals surface area contributed by atoms with Crippen LogP contribution in [0, 0.1) is 0 Å². The van der Waals surface area contributed by atoms with E-state index in [0.717, 1.165) is 11.1 Å². The van der Waals surface area contributed by atoms with Crippen molar-refractivity contribution in [3.8, 4) is 0 Å². The van der Waals surface area contributed by atoms with E-state index in [2.05, 4.69) is 10.3 Å². The van der Waals surface area contributed by atoms with E-state index in [1.807, 2.05) is 19.1 Å². The van der Waals surface area contributed by atoms with E-state index in [-0.39, 0.29) is 17.8 Å². The summed E-state index contributed by atoms with van der Waals surface area (Å²) in [6, 6.07) is 7.25. The van der Waals surface area contributed by atoms with E-state index in [9.17, 15) is 9.59 Å². The van der Waals surface area contributed by atoms with Gasteiger partial charge >= 0.3 is 5.97 Å². The second-order valence-corrected chi connectivity index (χ2v) is 4.56. The Hall–Kier alpha value is -2.63. The quantitative estimate of drug-likeness (QED) is 0.841. The maximum Gasteiger partial charge on any atom is 0.307 e. The number of nitrogens with zero attached hydrogens (tertiary/aromatic N) is 2. The minimum Gasteiger partial charge on any atom is -0.481 e. The molecule has 21 heavy (non-hydrogen) atoms. The SMILES string of the molecule is CCn1ccnc(NCc2ccccc2CC(=O)O)c1=O. The lowest BCUT2D eigenvalue weighted by Gasteiger charge is -2.10. The third-order valence-electron chi connectivity index (χ3n) is 3.16. The van der Waals surface area contributed by atoms with Gasteiger partial charge in [-0.15, -0.1) is 0 Å². The number of carboxylic acids is 1. The van der Waals surface area contributed by atoms with E-state index >= 15 is 0 Å². The van der Waals surface area contributed by atoms with Crippen molar-refractivity contribution in [2.24, 2.45) is 0 Å². The van der Waals surface area contributed by atoms with Crippen LogP contribution in [0.15, 0.2) is 41.5 Å². The first-order valence-corrected chi connectivity index (χ1v) is 6.69. The van der Waals surface area contributed by atoms with E-state index in [1.54, 1.807) is 29.1 Å². The van der Waals surface area contributed by atoms with Crippen LogP contribution in [0.4, 0.5) is 5.82 Å². The van der Waals surface area contributed by atoms with Crippen LogP contribution in [0.25, 0.3) is 0 Å². The summed E-state index contributed by atoms with van der Waals surface area (Å²) in [6.45, 7) is 2.82. The number of benzene rings is 1. The molecule has 110 valence electrons. The van der Waals surface area contributed by atoms with Gasteiger partial charge in [-0.25, -0.2) is 4.98 Å². The molecule has 0 fully saturated rings. The average molecular weight is 287 g/mol. The number of aryl methyl sites for hydroxylation is 1. The van der Waals surface area contributed by atoms with Crippen molar-refractivity contribution in [1.82, 2.24) is 9.55 Å². The summed E-state index contributed by atoms with van der Waals surface area (Å²) in [5, 5.41) is 11.9. The molecule has 0 atom stereocenters. The molecule has 0 aliphatic carbocycles. The zero-order valence-corrected chi connectivity index (χ0v) is 11.7. The lowest BCUT2D eigenvalue weighted by Crippen LogP contribution is -2.23. The molecule has 0 saturated carbocycles. The molecule has 2 rings (SSSR count). The topological polar surface area (TPSA) is 84.2 Å². The highest BCUT2D eigenvalue weighted by Crippen LogP contribution is 2.11. The summed E-state index contributed by atoms with van der Waals surface area (Å²) >= 11 is 0. The third kappa shape index (κ3) is 3.68. The first-order valence-electron chi connectivity index (χ1n) is 6.69. The lowest BCUT2D eigenvalue weighted by atomic mass is 10.0. The van der Waals surface area contributed by atoms with Gasteiger partial charge in [0.15, 0.2) is 5.82 Å². The summed E-state index contributed by atoms with van der Waals surface area (Å²) in [4.78, 5) is 26.9. The van der Waals surface area contributed by atoms with Crippen molar-refractivity contribution < 1.29 is 9.90 Å². The molecule has 0 aliphatic heterocycles. The number of carboxylic acid groups (broad SMARTS) is 1. The Morgan fingerprint density at radius 1 is 1.33 bits per heavy atom. The monoisotopic (exact) mass is 287 g/mol. The number of aromatic nitrogens is 2. The predicted octanol–water partition coefficient (Wildman–Crippen LogP) is 1.50. The van der Waals surface area contributed by atoms with Gasteiger partial charge in [-0.3, -0.25) is 9.59 Å². The maximum atomic E-state index is 12.0. The van der Waals surface area contributed by atoms with Crippen LogP contribution in [0.2, 0.25) is 0 Å². The van der Waals surface area contributed by atoms with Gasteiger partial charge in [-0.2, -0.15) is 0 Å². The van der Waals surface area contributed by atoms with Gasteiger partial charge in [-0.1, -0.05) is 24.3 Å². The summed E-state index contributed by atoms with van der Waals surface area (Å²) in [5.41, 5.74) is 1.38. The minimum absolute atomic E-state index is 0.0424. The van der Waals surface area contributed by atoms with Crippen LogP contribution < -0.4 is 10.9 Å². The van der Waals surface area contributed by atoms with Crippen molar-refractivity contribution in [3.05, 3.63) is 58.1 Å². The molecule has 0 unspecified atom stereocenters. The van der Waals surface area contributed by atoms with Gasteiger partial charge in [0.05, 0.1) is 6.42 Å². The third-order valence-corrected chi connectivity index (χ3v) is 3.16. The minimum atomic E-state index is -0.881. The Morgan fingerprint density at radius 2 is 2.05 bits per heavy atom. The highest BCUT2D eigenvalue weighted by atomic mass is 16.4.